The average molecular weight is 205 g/mol. The molecule has 0 radical (unpaired) electrons. The lowest BCUT2D eigenvalue weighted by Crippen LogP contribution is -2.13. The number of aryl methyl sites for hydroxylation is 1. The Morgan fingerprint density at radius 2 is 2.47 bits per heavy atom. The molecule has 0 bridgehead atoms. The van der Waals surface area contributed by atoms with E-state index in [4.69, 9.17) is 10.9 Å². The van der Waals surface area contributed by atoms with E-state index in [2.05, 4.69) is 15.2 Å². The highest BCUT2D eigenvalue weighted by atomic mass is 16.4. The van der Waals surface area contributed by atoms with Gasteiger partial charge in [-0.1, -0.05) is 12.1 Å². The molecule has 15 heavy (non-hydrogen) atoms. The minimum absolute atomic E-state index is 0.0681. The van der Waals surface area contributed by atoms with E-state index in [0.717, 1.165) is 12.2 Å². The number of pyridine rings is 1. The van der Waals surface area contributed by atoms with Crippen LogP contribution in [-0.4, -0.2) is 25.6 Å². The van der Waals surface area contributed by atoms with Gasteiger partial charge in [-0.25, -0.2) is 9.50 Å². The Balaban J connectivity index is 2.55. The van der Waals surface area contributed by atoms with E-state index in [1.165, 1.54) is 0 Å². The van der Waals surface area contributed by atoms with Crippen LogP contribution in [0.5, 0.6) is 0 Å². The van der Waals surface area contributed by atoms with Gasteiger partial charge in [0.2, 0.25) is 0 Å². The molecule has 0 saturated carbocycles. The van der Waals surface area contributed by atoms with Gasteiger partial charge in [-0.15, -0.1) is 0 Å². The summed E-state index contributed by atoms with van der Waals surface area (Å²) in [5.74, 6) is 0.838. The van der Waals surface area contributed by atoms with Crippen LogP contribution >= 0.6 is 0 Å². The van der Waals surface area contributed by atoms with E-state index < -0.39 is 0 Å². The number of hydrogen-bond donors (Lipinski definition) is 2. The zero-order chi connectivity index (χ0) is 10.8. The van der Waals surface area contributed by atoms with Gasteiger partial charge in [-0.05, 0) is 12.1 Å². The Labute approximate surface area is 86.0 Å². The first-order valence-electron chi connectivity index (χ1n) is 4.57. The van der Waals surface area contributed by atoms with Crippen LogP contribution in [0, 0.1) is 0 Å². The molecule has 0 aliphatic heterocycles. The first-order chi connectivity index (χ1) is 7.24. The van der Waals surface area contributed by atoms with Crippen LogP contribution in [0.25, 0.3) is 5.65 Å². The standard InChI is InChI=1S/C9H11N5O/c1-2-7-11-8-5-6(9(10)13-15)3-4-14(8)12-7/h3-5,15H,2H2,1H3,(H2,10,13). The first-order valence-corrected chi connectivity index (χ1v) is 4.57. The van der Waals surface area contributed by atoms with Gasteiger partial charge in [0.05, 0.1) is 0 Å². The van der Waals surface area contributed by atoms with Gasteiger partial charge >= 0.3 is 0 Å². The summed E-state index contributed by atoms with van der Waals surface area (Å²) in [6, 6.07) is 3.44. The minimum Gasteiger partial charge on any atom is -0.409 e. The average Bonchev–Trinajstić information content (AvgIpc) is 2.69. The maximum Gasteiger partial charge on any atom is 0.170 e. The van der Waals surface area contributed by atoms with Crippen LogP contribution in [0.1, 0.15) is 18.3 Å². The van der Waals surface area contributed by atoms with Gasteiger partial charge in [0, 0.05) is 18.2 Å². The number of aromatic nitrogens is 3. The van der Waals surface area contributed by atoms with E-state index in [1.54, 1.807) is 22.8 Å². The predicted octanol–water partition coefficient (Wildman–Crippen LogP) is 0.386. The number of nitrogens with zero attached hydrogens (tertiary/aromatic N) is 4. The molecular formula is C9H11N5O. The molecule has 0 aliphatic rings. The molecule has 0 unspecified atom stereocenters. The monoisotopic (exact) mass is 205 g/mol. The fourth-order valence-corrected chi connectivity index (χ4v) is 1.29. The maximum absolute atomic E-state index is 8.53. The first kappa shape index (κ1) is 9.45. The van der Waals surface area contributed by atoms with Gasteiger partial charge in [0.25, 0.3) is 0 Å². The third kappa shape index (κ3) is 1.61. The molecule has 0 spiro atoms. The molecule has 2 heterocycles. The fourth-order valence-electron chi connectivity index (χ4n) is 1.29. The Morgan fingerprint density at radius 1 is 1.67 bits per heavy atom. The van der Waals surface area contributed by atoms with Crippen LogP contribution in [0.2, 0.25) is 0 Å². The van der Waals surface area contributed by atoms with E-state index in [-0.39, 0.29) is 5.84 Å². The zero-order valence-corrected chi connectivity index (χ0v) is 8.25. The predicted molar refractivity (Wildman–Crippen MR) is 54.9 cm³/mol. The van der Waals surface area contributed by atoms with Crippen molar-refractivity contribution in [3.05, 3.63) is 29.7 Å². The topological polar surface area (TPSA) is 88.8 Å². The molecule has 3 N–H and O–H groups in total. The normalized spacial score (nSPS) is 12.2. The van der Waals surface area contributed by atoms with Crippen LogP contribution < -0.4 is 5.73 Å². The molecule has 6 nitrogen and oxygen atoms in total. The van der Waals surface area contributed by atoms with Crippen LogP contribution in [0.4, 0.5) is 0 Å². The van der Waals surface area contributed by atoms with Gasteiger partial charge in [0.15, 0.2) is 17.3 Å². The number of rotatable bonds is 2. The molecule has 0 amide bonds. The second-order valence-electron chi connectivity index (χ2n) is 3.09. The van der Waals surface area contributed by atoms with Crippen molar-refractivity contribution in [1.82, 2.24) is 14.6 Å². The molecule has 0 fully saturated rings. The Bertz CT molecular complexity index is 516. The molecule has 78 valence electrons. The van der Waals surface area contributed by atoms with E-state index >= 15 is 0 Å². The maximum atomic E-state index is 8.53. The van der Waals surface area contributed by atoms with Crippen molar-refractivity contribution in [1.29, 1.82) is 0 Å². The summed E-state index contributed by atoms with van der Waals surface area (Å²) in [7, 11) is 0. The fraction of sp³-hybridized carbons (Fsp3) is 0.222. The molecule has 0 atom stereocenters. The molecule has 0 aromatic carbocycles. The zero-order valence-electron chi connectivity index (χ0n) is 8.25. The lowest BCUT2D eigenvalue weighted by atomic mass is 10.2. The van der Waals surface area contributed by atoms with E-state index in [9.17, 15) is 0 Å². The molecule has 2 aromatic heterocycles. The third-order valence-electron chi connectivity index (χ3n) is 2.10. The summed E-state index contributed by atoms with van der Waals surface area (Å²) >= 11 is 0. The van der Waals surface area contributed by atoms with Crippen molar-refractivity contribution in [2.24, 2.45) is 10.9 Å². The van der Waals surface area contributed by atoms with Crippen molar-refractivity contribution in [3.8, 4) is 0 Å². The molecule has 2 rings (SSSR count). The summed E-state index contributed by atoms with van der Waals surface area (Å²) in [4.78, 5) is 4.27. The van der Waals surface area contributed by atoms with Gasteiger partial charge in [-0.2, -0.15) is 5.10 Å². The lowest BCUT2D eigenvalue weighted by molar-refractivity contribution is 0.318. The number of oxime groups is 1. The molecule has 0 aliphatic carbocycles. The number of nitrogens with two attached hydrogens (primary N) is 1. The highest BCUT2D eigenvalue weighted by molar-refractivity contribution is 5.97. The van der Waals surface area contributed by atoms with Crippen molar-refractivity contribution in [3.63, 3.8) is 0 Å². The van der Waals surface area contributed by atoms with Crippen molar-refractivity contribution < 1.29 is 5.21 Å². The number of hydrogen-bond acceptors (Lipinski definition) is 4. The summed E-state index contributed by atoms with van der Waals surface area (Å²) in [6.07, 6.45) is 2.51. The van der Waals surface area contributed by atoms with Crippen LogP contribution in [0.3, 0.4) is 0 Å². The van der Waals surface area contributed by atoms with E-state index in [0.29, 0.717) is 11.2 Å². The highest BCUT2D eigenvalue weighted by Gasteiger charge is 2.04. The summed E-state index contributed by atoms with van der Waals surface area (Å²) < 4.78 is 1.66. The second-order valence-corrected chi connectivity index (χ2v) is 3.09. The highest BCUT2D eigenvalue weighted by Crippen LogP contribution is 2.05. The molecular weight excluding hydrogens is 194 g/mol. The lowest BCUT2D eigenvalue weighted by Gasteiger charge is -1.97. The molecule has 2 aromatic rings. The van der Waals surface area contributed by atoms with E-state index in [1.807, 2.05) is 6.92 Å². The Kier molecular flexibility index (Phi) is 2.24. The van der Waals surface area contributed by atoms with Crippen molar-refractivity contribution in [2.75, 3.05) is 0 Å². The quantitative estimate of drug-likeness (QED) is 0.321. The second kappa shape index (κ2) is 3.56. The minimum atomic E-state index is 0.0681. The van der Waals surface area contributed by atoms with Crippen LogP contribution in [-0.2, 0) is 6.42 Å². The Morgan fingerprint density at radius 3 is 3.13 bits per heavy atom. The van der Waals surface area contributed by atoms with Gasteiger partial charge < -0.3 is 10.9 Å². The SMILES string of the molecule is CCc1nc2cc(/C(N)=N\O)ccn2n1. The van der Waals surface area contributed by atoms with Crippen molar-refractivity contribution >= 4 is 11.5 Å². The van der Waals surface area contributed by atoms with Crippen molar-refractivity contribution in [2.45, 2.75) is 13.3 Å². The molecule has 0 saturated heterocycles. The Hall–Kier alpha value is -2.11. The number of fused-ring (bicyclic) bond motifs is 1. The van der Waals surface area contributed by atoms with Gasteiger partial charge in [0.1, 0.15) is 0 Å². The smallest absolute Gasteiger partial charge is 0.170 e. The number of amidine groups is 1. The van der Waals surface area contributed by atoms with Gasteiger partial charge in [-0.3, -0.25) is 0 Å². The summed E-state index contributed by atoms with van der Waals surface area (Å²) in [5, 5.41) is 15.7. The molecule has 6 heteroatoms. The summed E-state index contributed by atoms with van der Waals surface area (Å²) in [5.41, 5.74) is 6.78. The summed E-state index contributed by atoms with van der Waals surface area (Å²) in [6.45, 7) is 1.99. The third-order valence-corrected chi connectivity index (χ3v) is 2.10. The largest absolute Gasteiger partial charge is 0.409 e. The van der Waals surface area contributed by atoms with Crippen LogP contribution in [0.15, 0.2) is 23.5 Å².